The predicted molar refractivity (Wildman–Crippen MR) is 71.5 cm³/mol. The summed E-state index contributed by atoms with van der Waals surface area (Å²) in [6.07, 6.45) is 0.677. The van der Waals surface area contributed by atoms with Crippen LogP contribution < -0.4 is 0 Å². The van der Waals surface area contributed by atoms with Crippen LogP contribution >= 0.6 is 23.2 Å². The highest BCUT2D eigenvalue weighted by atomic mass is 35.5. The molecule has 0 radical (unpaired) electrons. The van der Waals surface area contributed by atoms with E-state index in [2.05, 4.69) is 6.07 Å². The SMILES string of the molecule is N#CC1(Cc2cccc(Cl)c2Cl)CCS(=O)(=O)C1. The maximum absolute atomic E-state index is 11.5. The molecule has 1 fully saturated rings. The standard InChI is InChI=1S/C12H11Cl2NO2S/c13-10-3-1-2-9(11(10)14)6-12(7-15)4-5-18(16,17)8-12/h1-3H,4-6,8H2. The number of benzene rings is 1. The van der Waals surface area contributed by atoms with Crippen LogP contribution in [-0.4, -0.2) is 19.9 Å². The van der Waals surface area contributed by atoms with Crippen LogP contribution in [0.15, 0.2) is 18.2 Å². The molecule has 1 aromatic rings. The lowest BCUT2D eigenvalue weighted by Crippen LogP contribution is -2.23. The Balaban J connectivity index is 2.33. The smallest absolute Gasteiger partial charge is 0.151 e. The second-order valence-corrected chi connectivity index (χ2v) is 7.59. The summed E-state index contributed by atoms with van der Waals surface area (Å²) < 4.78 is 23.1. The fraction of sp³-hybridized carbons (Fsp3) is 0.417. The van der Waals surface area contributed by atoms with Crippen molar-refractivity contribution in [1.82, 2.24) is 0 Å². The zero-order valence-corrected chi connectivity index (χ0v) is 11.8. The highest BCUT2D eigenvalue weighted by molar-refractivity contribution is 7.91. The normalized spacial score (nSPS) is 25.8. The van der Waals surface area contributed by atoms with Gasteiger partial charge in [-0.3, -0.25) is 0 Å². The highest BCUT2D eigenvalue weighted by Gasteiger charge is 2.43. The highest BCUT2D eigenvalue weighted by Crippen LogP contribution is 2.38. The summed E-state index contributed by atoms with van der Waals surface area (Å²) in [4.78, 5) is 0. The molecule has 1 atom stereocenters. The van der Waals surface area contributed by atoms with E-state index in [0.29, 0.717) is 22.9 Å². The van der Waals surface area contributed by atoms with E-state index in [1.54, 1.807) is 18.2 Å². The van der Waals surface area contributed by atoms with Crippen molar-refractivity contribution in [3.8, 4) is 6.07 Å². The second kappa shape index (κ2) is 4.73. The van der Waals surface area contributed by atoms with Crippen LogP contribution in [0.4, 0.5) is 0 Å². The molecule has 0 aromatic heterocycles. The summed E-state index contributed by atoms with van der Waals surface area (Å²) in [5.41, 5.74) is -0.143. The van der Waals surface area contributed by atoms with Crippen LogP contribution in [0.1, 0.15) is 12.0 Å². The van der Waals surface area contributed by atoms with Crippen molar-refractivity contribution >= 4 is 33.0 Å². The molecule has 1 aliphatic rings. The molecule has 0 amide bonds. The number of halogens is 2. The monoisotopic (exact) mass is 303 g/mol. The van der Waals surface area contributed by atoms with E-state index >= 15 is 0 Å². The molecule has 0 aliphatic carbocycles. The quantitative estimate of drug-likeness (QED) is 0.844. The van der Waals surface area contributed by atoms with E-state index in [0.717, 1.165) is 5.56 Å². The molecule has 1 aliphatic heterocycles. The average molecular weight is 304 g/mol. The fourth-order valence-corrected chi connectivity index (χ4v) is 4.62. The minimum absolute atomic E-state index is 0.0682. The average Bonchev–Trinajstić information content (AvgIpc) is 2.62. The first-order chi connectivity index (χ1) is 8.37. The number of rotatable bonds is 2. The van der Waals surface area contributed by atoms with Gasteiger partial charge in [0, 0.05) is 0 Å². The van der Waals surface area contributed by atoms with Crippen molar-refractivity contribution in [2.75, 3.05) is 11.5 Å². The summed E-state index contributed by atoms with van der Waals surface area (Å²) in [5.74, 6) is -0.0297. The van der Waals surface area contributed by atoms with Gasteiger partial charge in [-0.1, -0.05) is 35.3 Å². The van der Waals surface area contributed by atoms with Gasteiger partial charge in [-0.25, -0.2) is 8.42 Å². The molecule has 96 valence electrons. The Hall–Kier alpha value is -0.760. The van der Waals surface area contributed by atoms with Crippen molar-refractivity contribution in [2.45, 2.75) is 12.8 Å². The number of sulfone groups is 1. The largest absolute Gasteiger partial charge is 0.229 e. The molecular weight excluding hydrogens is 293 g/mol. The van der Waals surface area contributed by atoms with Gasteiger partial charge in [0.1, 0.15) is 0 Å². The van der Waals surface area contributed by atoms with Crippen LogP contribution in [0.3, 0.4) is 0 Å². The number of nitrogens with zero attached hydrogens (tertiary/aromatic N) is 1. The molecule has 1 unspecified atom stereocenters. The molecule has 1 aromatic carbocycles. The van der Waals surface area contributed by atoms with Crippen LogP contribution in [0.2, 0.25) is 10.0 Å². The Kier molecular flexibility index (Phi) is 3.59. The van der Waals surface area contributed by atoms with Crippen molar-refractivity contribution < 1.29 is 8.42 Å². The van der Waals surface area contributed by atoms with Crippen LogP contribution in [0.25, 0.3) is 0 Å². The first kappa shape index (κ1) is 13.7. The van der Waals surface area contributed by atoms with Crippen molar-refractivity contribution in [3.63, 3.8) is 0 Å². The molecule has 2 rings (SSSR count). The zero-order valence-electron chi connectivity index (χ0n) is 9.49. The van der Waals surface area contributed by atoms with Gasteiger partial charge in [-0.2, -0.15) is 5.26 Å². The minimum Gasteiger partial charge on any atom is -0.229 e. The second-order valence-electron chi connectivity index (χ2n) is 4.62. The molecule has 1 heterocycles. The summed E-state index contributed by atoms with van der Waals surface area (Å²) in [7, 11) is -3.11. The Labute approximate surface area is 116 Å². The molecule has 18 heavy (non-hydrogen) atoms. The first-order valence-electron chi connectivity index (χ1n) is 5.42. The first-order valence-corrected chi connectivity index (χ1v) is 8.00. The Morgan fingerprint density at radius 1 is 1.39 bits per heavy atom. The molecule has 0 spiro atoms. The lowest BCUT2D eigenvalue weighted by atomic mass is 9.83. The van der Waals surface area contributed by atoms with Crippen LogP contribution in [0.5, 0.6) is 0 Å². The fourth-order valence-electron chi connectivity index (χ4n) is 2.23. The summed E-state index contributed by atoms with van der Waals surface area (Å²) in [6.45, 7) is 0. The van der Waals surface area contributed by atoms with E-state index < -0.39 is 15.3 Å². The zero-order chi connectivity index (χ0) is 13.4. The number of hydrogen-bond acceptors (Lipinski definition) is 3. The van der Waals surface area contributed by atoms with Gasteiger partial charge >= 0.3 is 0 Å². The van der Waals surface area contributed by atoms with Crippen LogP contribution in [-0.2, 0) is 16.3 Å². The third kappa shape index (κ3) is 2.64. The Bertz CT molecular complexity index is 621. The van der Waals surface area contributed by atoms with Gasteiger partial charge in [0.15, 0.2) is 9.84 Å². The van der Waals surface area contributed by atoms with Crippen molar-refractivity contribution in [2.24, 2.45) is 5.41 Å². The van der Waals surface area contributed by atoms with Crippen molar-refractivity contribution in [1.29, 1.82) is 5.26 Å². The van der Waals surface area contributed by atoms with Crippen LogP contribution in [0, 0.1) is 16.7 Å². The maximum atomic E-state index is 11.5. The van der Waals surface area contributed by atoms with E-state index in [1.807, 2.05) is 0 Å². The van der Waals surface area contributed by atoms with E-state index in [-0.39, 0.29) is 11.5 Å². The molecule has 0 bridgehead atoms. The Morgan fingerprint density at radius 2 is 2.11 bits per heavy atom. The maximum Gasteiger partial charge on any atom is 0.151 e. The van der Waals surface area contributed by atoms with Gasteiger partial charge in [-0.15, -0.1) is 0 Å². The third-order valence-corrected chi connectivity index (χ3v) is 5.86. The molecule has 0 saturated carbocycles. The number of nitriles is 1. The molecule has 1 saturated heterocycles. The van der Waals surface area contributed by atoms with Gasteiger partial charge in [0.2, 0.25) is 0 Å². The van der Waals surface area contributed by atoms with Gasteiger partial charge in [0.05, 0.1) is 33.0 Å². The lowest BCUT2D eigenvalue weighted by molar-refractivity contribution is 0.451. The van der Waals surface area contributed by atoms with E-state index in [9.17, 15) is 13.7 Å². The Morgan fingerprint density at radius 3 is 2.67 bits per heavy atom. The number of hydrogen-bond donors (Lipinski definition) is 0. The summed E-state index contributed by atoms with van der Waals surface area (Å²) in [6, 6.07) is 7.34. The van der Waals surface area contributed by atoms with Gasteiger partial charge in [-0.05, 0) is 24.5 Å². The van der Waals surface area contributed by atoms with E-state index in [1.165, 1.54) is 0 Å². The van der Waals surface area contributed by atoms with Gasteiger partial charge < -0.3 is 0 Å². The predicted octanol–water partition coefficient (Wildman–Crippen LogP) is 2.86. The minimum atomic E-state index is -3.11. The third-order valence-electron chi connectivity index (χ3n) is 3.19. The van der Waals surface area contributed by atoms with Gasteiger partial charge in [0.25, 0.3) is 0 Å². The van der Waals surface area contributed by atoms with E-state index in [4.69, 9.17) is 23.2 Å². The molecule has 6 heteroatoms. The topological polar surface area (TPSA) is 57.9 Å². The summed E-state index contributed by atoms with van der Waals surface area (Å²) in [5, 5.41) is 10.1. The summed E-state index contributed by atoms with van der Waals surface area (Å²) >= 11 is 12.0. The lowest BCUT2D eigenvalue weighted by Gasteiger charge is -2.19. The molecular formula is C12H11Cl2NO2S. The molecule has 3 nitrogen and oxygen atoms in total. The molecule has 0 N–H and O–H groups in total. The van der Waals surface area contributed by atoms with Crippen molar-refractivity contribution in [3.05, 3.63) is 33.8 Å².